The standard InChI is InChI=1S/C18H19NO3.C10H10O.C8H9NO2/c1-14(12-17(20)16-10-6-3-7-11-16)19-18(21)22-13-15-8-4-2-5-9-15;1-2-6-10(11)9-7-4-3-5-8-9;9-8(10)11-6-7-4-2-1-3-5-7/h2-11,14H,12-13H2,1H3,(H,19,21);2-8H,1H3;1-5H,6H2,(H2,9,10)/b;6-2+;. The van der Waals surface area contributed by atoms with Gasteiger partial charge in [0, 0.05) is 23.6 Å². The maximum atomic E-state index is 12.0. The summed E-state index contributed by atoms with van der Waals surface area (Å²) in [6.45, 7) is 4.08. The minimum absolute atomic E-state index is 0.00328. The molecule has 8 nitrogen and oxygen atoms in total. The van der Waals surface area contributed by atoms with Gasteiger partial charge in [-0.1, -0.05) is 127 Å². The predicted octanol–water partition coefficient (Wildman–Crippen LogP) is 7.30. The lowest BCUT2D eigenvalue weighted by Crippen LogP contribution is -2.34. The molecule has 0 aliphatic carbocycles. The van der Waals surface area contributed by atoms with Crippen LogP contribution >= 0.6 is 0 Å². The number of carbonyl (C=O) groups is 4. The molecule has 4 rings (SSSR count). The van der Waals surface area contributed by atoms with Crippen molar-refractivity contribution in [3.63, 3.8) is 0 Å². The first-order valence-electron chi connectivity index (χ1n) is 14.0. The van der Waals surface area contributed by atoms with E-state index in [1.54, 1.807) is 31.2 Å². The summed E-state index contributed by atoms with van der Waals surface area (Å²) in [7, 11) is 0. The number of carbonyl (C=O) groups excluding carboxylic acids is 4. The van der Waals surface area contributed by atoms with E-state index in [0.29, 0.717) is 5.56 Å². The molecule has 0 aliphatic heterocycles. The number of primary amides is 1. The normalized spacial score (nSPS) is 10.6. The first kappa shape index (κ1) is 34.7. The minimum Gasteiger partial charge on any atom is -0.445 e. The molecule has 1 unspecified atom stereocenters. The van der Waals surface area contributed by atoms with Crippen LogP contribution in [-0.4, -0.2) is 29.8 Å². The highest BCUT2D eigenvalue weighted by atomic mass is 16.5. The summed E-state index contributed by atoms with van der Waals surface area (Å²) < 4.78 is 9.69. The van der Waals surface area contributed by atoms with E-state index in [-0.39, 0.29) is 37.2 Å². The van der Waals surface area contributed by atoms with Gasteiger partial charge in [-0.2, -0.15) is 0 Å². The first-order chi connectivity index (χ1) is 21.3. The summed E-state index contributed by atoms with van der Waals surface area (Å²) in [5, 5.41) is 2.67. The maximum Gasteiger partial charge on any atom is 0.407 e. The molecule has 0 aliphatic rings. The Kier molecular flexibility index (Phi) is 16.1. The number of hydrogen-bond donors (Lipinski definition) is 2. The summed E-state index contributed by atoms with van der Waals surface area (Å²) in [5.74, 6) is 0.0598. The van der Waals surface area contributed by atoms with Crippen LogP contribution < -0.4 is 11.1 Å². The first-order valence-corrected chi connectivity index (χ1v) is 14.0. The number of ether oxygens (including phenoxy) is 2. The van der Waals surface area contributed by atoms with Crippen LogP contribution in [0.15, 0.2) is 133 Å². The third kappa shape index (κ3) is 14.9. The van der Waals surface area contributed by atoms with E-state index in [4.69, 9.17) is 10.5 Å². The Morgan fingerprint density at radius 1 is 0.682 bits per heavy atom. The van der Waals surface area contributed by atoms with Crippen LogP contribution in [0.4, 0.5) is 9.59 Å². The van der Waals surface area contributed by atoms with Gasteiger partial charge in [-0.15, -0.1) is 0 Å². The number of allylic oxidation sites excluding steroid dienone is 2. The molecule has 228 valence electrons. The molecule has 3 N–H and O–H groups in total. The van der Waals surface area contributed by atoms with Crippen molar-refractivity contribution in [3.8, 4) is 0 Å². The van der Waals surface area contributed by atoms with Crippen LogP contribution in [0.1, 0.15) is 52.1 Å². The molecule has 0 bridgehead atoms. The number of benzene rings is 4. The molecule has 0 fully saturated rings. The lowest BCUT2D eigenvalue weighted by molar-refractivity contribution is 0.0965. The molecular formula is C36H38N2O6. The molecule has 0 spiro atoms. The van der Waals surface area contributed by atoms with Gasteiger partial charge < -0.3 is 20.5 Å². The average Bonchev–Trinajstić information content (AvgIpc) is 3.05. The van der Waals surface area contributed by atoms with Gasteiger partial charge >= 0.3 is 12.2 Å². The van der Waals surface area contributed by atoms with E-state index in [1.807, 2.05) is 116 Å². The van der Waals surface area contributed by atoms with Crippen molar-refractivity contribution in [2.75, 3.05) is 0 Å². The molecule has 8 heteroatoms. The van der Waals surface area contributed by atoms with Gasteiger partial charge in [0.1, 0.15) is 13.2 Å². The smallest absolute Gasteiger partial charge is 0.407 e. The molecule has 2 amide bonds. The highest BCUT2D eigenvalue weighted by molar-refractivity contribution is 6.04. The molecule has 4 aromatic carbocycles. The predicted molar refractivity (Wildman–Crippen MR) is 171 cm³/mol. The monoisotopic (exact) mass is 594 g/mol. The van der Waals surface area contributed by atoms with E-state index in [1.165, 1.54) is 0 Å². The van der Waals surface area contributed by atoms with Crippen molar-refractivity contribution in [1.82, 2.24) is 5.32 Å². The van der Waals surface area contributed by atoms with E-state index >= 15 is 0 Å². The number of hydrogen-bond acceptors (Lipinski definition) is 6. The second kappa shape index (κ2) is 20.4. The van der Waals surface area contributed by atoms with Crippen molar-refractivity contribution in [2.45, 2.75) is 39.5 Å². The Hall–Kier alpha value is -5.50. The Balaban J connectivity index is 0.000000257. The highest BCUT2D eigenvalue weighted by Crippen LogP contribution is 2.06. The summed E-state index contributed by atoms with van der Waals surface area (Å²) in [6, 6.07) is 36.8. The average molecular weight is 595 g/mol. The number of amides is 2. The molecule has 1 atom stereocenters. The summed E-state index contributed by atoms with van der Waals surface area (Å²) in [6.07, 6.45) is 2.29. The van der Waals surface area contributed by atoms with Crippen LogP contribution in [0.2, 0.25) is 0 Å². The molecule has 0 saturated heterocycles. The lowest BCUT2D eigenvalue weighted by atomic mass is 10.1. The van der Waals surface area contributed by atoms with Gasteiger partial charge in [0.2, 0.25) is 0 Å². The minimum atomic E-state index is -0.742. The fourth-order valence-electron chi connectivity index (χ4n) is 3.62. The van der Waals surface area contributed by atoms with Crippen LogP contribution in [0.25, 0.3) is 0 Å². The van der Waals surface area contributed by atoms with Crippen molar-refractivity contribution in [3.05, 3.63) is 156 Å². The SMILES string of the molecule is C/C=C/C(=O)c1ccccc1.CC(CC(=O)c1ccccc1)NC(=O)OCc1ccccc1.NC(=O)OCc1ccccc1. The number of alkyl carbamates (subject to hydrolysis) is 1. The van der Waals surface area contributed by atoms with Gasteiger partial charge in [0.15, 0.2) is 11.6 Å². The largest absolute Gasteiger partial charge is 0.445 e. The second-order valence-electron chi connectivity index (χ2n) is 9.42. The second-order valence-corrected chi connectivity index (χ2v) is 9.42. The van der Waals surface area contributed by atoms with Crippen molar-refractivity contribution < 1.29 is 28.7 Å². The molecule has 0 radical (unpaired) electrons. The van der Waals surface area contributed by atoms with Crippen LogP contribution in [0.5, 0.6) is 0 Å². The third-order valence-corrected chi connectivity index (χ3v) is 5.76. The molecule has 0 heterocycles. The van der Waals surface area contributed by atoms with Gasteiger partial charge in [0.25, 0.3) is 0 Å². The van der Waals surface area contributed by atoms with Crippen LogP contribution in [-0.2, 0) is 22.7 Å². The maximum absolute atomic E-state index is 12.0. The number of ketones is 2. The van der Waals surface area contributed by atoms with E-state index in [9.17, 15) is 19.2 Å². The summed E-state index contributed by atoms with van der Waals surface area (Å²) in [5.41, 5.74) is 8.03. The lowest BCUT2D eigenvalue weighted by Gasteiger charge is -2.13. The zero-order valence-electron chi connectivity index (χ0n) is 24.9. The molecule has 0 saturated carbocycles. The number of nitrogens with two attached hydrogens (primary N) is 1. The Labute approximate surface area is 258 Å². The van der Waals surface area contributed by atoms with Gasteiger partial charge in [0.05, 0.1) is 0 Å². The van der Waals surface area contributed by atoms with E-state index < -0.39 is 12.2 Å². The van der Waals surface area contributed by atoms with E-state index in [2.05, 4.69) is 10.1 Å². The molecule has 4 aromatic rings. The third-order valence-electron chi connectivity index (χ3n) is 5.76. The topological polar surface area (TPSA) is 125 Å². The fourth-order valence-corrected chi connectivity index (χ4v) is 3.62. The zero-order chi connectivity index (χ0) is 32.0. The van der Waals surface area contributed by atoms with Gasteiger partial charge in [-0.05, 0) is 31.1 Å². The molecule has 44 heavy (non-hydrogen) atoms. The van der Waals surface area contributed by atoms with Crippen LogP contribution in [0.3, 0.4) is 0 Å². The Bertz CT molecular complexity index is 1440. The van der Waals surface area contributed by atoms with Gasteiger partial charge in [-0.3, -0.25) is 9.59 Å². The number of nitrogens with one attached hydrogen (secondary N) is 1. The van der Waals surface area contributed by atoms with Crippen molar-refractivity contribution >= 4 is 23.8 Å². The number of Topliss-reactive ketones (excluding diaryl/α,β-unsaturated/α-hetero) is 1. The Morgan fingerprint density at radius 2 is 1.11 bits per heavy atom. The zero-order valence-corrected chi connectivity index (χ0v) is 24.9. The van der Waals surface area contributed by atoms with E-state index in [0.717, 1.165) is 16.7 Å². The molecule has 0 aromatic heterocycles. The Morgan fingerprint density at radius 3 is 1.57 bits per heavy atom. The van der Waals surface area contributed by atoms with Crippen molar-refractivity contribution in [1.29, 1.82) is 0 Å². The molecular weight excluding hydrogens is 556 g/mol. The van der Waals surface area contributed by atoms with Crippen molar-refractivity contribution in [2.24, 2.45) is 5.73 Å². The number of rotatable bonds is 10. The quantitative estimate of drug-likeness (QED) is 0.147. The fraction of sp³-hybridized carbons (Fsp3) is 0.167. The summed E-state index contributed by atoms with van der Waals surface area (Å²) in [4.78, 5) is 45.1. The van der Waals surface area contributed by atoms with Crippen LogP contribution in [0, 0.1) is 0 Å². The summed E-state index contributed by atoms with van der Waals surface area (Å²) >= 11 is 0. The highest BCUT2D eigenvalue weighted by Gasteiger charge is 2.14. The van der Waals surface area contributed by atoms with Gasteiger partial charge in [-0.25, -0.2) is 9.59 Å².